The summed E-state index contributed by atoms with van der Waals surface area (Å²) in [5, 5.41) is 3.69. The molecular weight excluding hydrogens is 455 g/mol. The minimum atomic E-state index is -0.311. The molecular formula is C23H27Cl3N4O. The molecule has 1 saturated heterocycles. The number of nitrogens with two attached hydrogens (primary N) is 1. The smallest absolute Gasteiger partial charge is 0.281 e. The number of amides is 1. The van der Waals surface area contributed by atoms with Crippen LogP contribution in [0.4, 0.5) is 0 Å². The molecule has 0 radical (unpaired) electrons. The summed E-state index contributed by atoms with van der Waals surface area (Å²) in [4.78, 5) is 17.8. The molecule has 1 atom stereocenters. The van der Waals surface area contributed by atoms with Gasteiger partial charge in [0.1, 0.15) is 5.70 Å². The summed E-state index contributed by atoms with van der Waals surface area (Å²) < 4.78 is 0. The Kier molecular flexibility index (Phi) is 8.61. The van der Waals surface area contributed by atoms with Crippen molar-refractivity contribution in [2.24, 2.45) is 10.7 Å². The number of hydrazine groups is 1. The fourth-order valence-electron chi connectivity index (χ4n) is 3.66. The first kappa shape index (κ1) is 23.9. The highest BCUT2D eigenvalue weighted by molar-refractivity contribution is 6.35. The van der Waals surface area contributed by atoms with Gasteiger partial charge in [0.2, 0.25) is 0 Å². The van der Waals surface area contributed by atoms with Gasteiger partial charge in [0.25, 0.3) is 5.91 Å². The van der Waals surface area contributed by atoms with Crippen molar-refractivity contribution in [1.82, 2.24) is 10.4 Å². The summed E-state index contributed by atoms with van der Waals surface area (Å²) in [6.07, 6.45) is 7.98. The van der Waals surface area contributed by atoms with E-state index in [0.29, 0.717) is 39.2 Å². The molecule has 1 unspecified atom stereocenters. The largest absolute Gasteiger partial charge is 0.394 e. The van der Waals surface area contributed by atoms with Crippen LogP contribution in [-0.2, 0) is 4.79 Å². The number of hydrogen-bond donors (Lipinski definition) is 2. The maximum absolute atomic E-state index is 12.9. The molecule has 1 aromatic carbocycles. The molecule has 1 aromatic rings. The molecule has 0 saturated carbocycles. The van der Waals surface area contributed by atoms with E-state index in [-0.39, 0.29) is 17.6 Å². The SMILES string of the molecule is CCC(C(=NC1CC=C(Cl)C=C1Cl)c1ccc(Cl)cc1)=C(N)C(=O)NN1CCCCC1. The van der Waals surface area contributed by atoms with Crippen LogP contribution in [0.25, 0.3) is 0 Å². The summed E-state index contributed by atoms with van der Waals surface area (Å²) >= 11 is 18.6. The Bertz CT molecular complexity index is 929. The van der Waals surface area contributed by atoms with E-state index in [2.05, 4.69) is 5.43 Å². The Labute approximate surface area is 198 Å². The Hall–Kier alpha value is -1.79. The minimum absolute atomic E-state index is 0.159. The van der Waals surface area contributed by atoms with Gasteiger partial charge in [0.05, 0.1) is 11.8 Å². The molecule has 3 N–H and O–H groups in total. The summed E-state index contributed by atoms with van der Waals surface area (Å²) in [6, 6.07) is 7.03. The summed E-state index contributed by atoms with van der Waals surface area (Å²) in [6.45, 7) is 3.61. The Balaban J connectivity index is 1.98. The molecule has 5 nitrogen and oxygen atoms in total. The molecule has 1 amide bonds. The van der Waals surface area contributed by atoms with E-state index in [4.69, 9.17) is 45.5 Å². The zero-order valence-corrected chi connectivity index (χ0v) is 19.8. The molecule has 31 heavy (non-hydrogen) atoms. The van der Waals surface area contributed by atoms with Gasteiger partial charge in [-0.1, -0.05) is 66.4 Å². The third-order valence-electron chi connectivity index (χ3n) is 5.36. The second-order valence-electron chi connectivity index (χ2n) is 7.59. The number of halogens is 3. The van der Waals surface area contributed by atoms with Gasteiger partial charge in [0.15, 0.2) is 0 Å². The summed E-state index contributed by atoms with van der Waals surface area (Å²) in [5.74, 6) is -0.311. The summed E-state index contributed by atoms with van der Waals surface area (Å²) in [5.41, 5.74) is 11.6. The lowest BCUT2D eigenvalue weighted by Crippen LogP contribution is -2.47. The van der Waals surface area contributed by atoms with E-state index in [1.54, 1.807) is 18.2 Å². The highest BCUT2D eigenvalue weighted by atomic mass is 35.5. The van der Waals surface area contributed by atoms with Crippen molar-refractivity contribution in [3.05, 3.63) is 68.3 Å². The number of benzene rings is 1. The average molecular weight is 482 g/mol. The Morgan fingerprint density at radius 1 is 1.16 bits per heavy atom. The lowest BCUT2D eigenvalue weighted by molar-refractivity contribution is -0.122. The lowest BCUT2D eigenvalue weighted by Gasteiger charge is -2.27. The van der Waals surface area contributed by atoms with E-state index in [9.17, 15) is 4.79 Å². The Morgan fingerprint density at radius 3 is 2.45 bits per heavy atom. The highest BCUT2D eigenvalue weighted by Gasteiger charge is 2.23. The van der Waals surface area contributed by atoms with Gasteiger partial charge in [0, 0.05) is 39.3 Å². The standard InChI is InChI=1S/C23H27Cl3N4O/c1-2-18(21(27)23(31)29-30-12-4-3-5-13-30)22(15-6-8-16(24)9-7-15)28-20-11-10-17(25)14-19(20)26/h6-10,14,20H,2-5,11-13,27H2,1H3,(H,29,31). The number of rotatable bonds is 6. The molecule has 166 valence electrons. The van der Waals surface area contributed by atoms with Gasteiger partial charge >= 0.3 is 0 Å². The molecule has 2 aliphatic rings. The first-order valence-electron chi connectivity index (χ1n) is 10.5. The van der Waals surface area contributed by atoms with E-state index >= 15 is 0 Å². The third-order valence-corrected chi connectivity index (χ3v) is 6.23. The van der Waals surface area contributed by atoms with Crippen LogP contribution in [0.5, 0.6) is 0 Å². The fraction of sp³-hybridized carbons (Fsp3) is 0.391. The van der Waals surface area contributed by atoms with Crippen LogP contribution >= 0.6 is 34.8 Å². The zero-order valence-electron chi connectivity index (χ0n) is 17.5. The van der Waals surface area contributed by atoms with Crippen molar-refractivity contribution in [2.75, 3.05) is 13.1 Å². The van der Waals surface area contributed by atoms with Crippen molar-refractivity contribution >= 4 is 46.4 Å². The van der Waals surface area contributed by atoms with Gasteiger partial charge in [-0.15, -0.1) is 0 Å². The van der Waals surface area contributed by atoms with Crippen LogP contribution in [0, 0.1) is 0 Å². The molecule has 8 heteroatoms. The van der Waals surface area contributed by atoms with E-state index in [0.717, 1.165) is 31.5 Å². The number of allylic oxidation sites excluding steroid dienone is 3. The number of hydrogen-bond acceptors (Lipinski definition) is 4. The number of carbonyl (C=O) groups excluding carboxylic acids is 1. The third kappa shape index (κ3) is 6.36. The minimum Gasteiger partial charge on any atom is -0.394 e. The van der Waals surface area contributed by atoms with Gasteiger partial charge < -0.3 is 5.73 Å². The van der Waals surface area contributed by atoms with Crippen molar-refractivity contribution in [3.63, 3.8) is 0 Å². The Morgan fingerprint density at radius 2 is 1.84 bits per heavy atom. The van der Waals surface area contributed by atoms with Gasteiger partial charge in [-0.3, -0.25) is 15.2 Å². The monoisotopic (exact) mass is 480 g/mol. The molecule has 1 fully saturated rings. The maximum atomic E-state index is 12.9. The van der Waals surface area contributed by atoms with Crippen molar-refractivity contribution < 1.29 is 4.79 Å². The predicted molar refractivity (Wildman–Crippen MR) is 129 cm³/mol. The van der Waals surface area contributed by atoms with E-state index < -0.39 is 0 Å². The van der Waals surface area contributed by atoms with Crippen molar-refractivity contribution in [2.45, 2.75) is 45.1 Å². The first-order chi connectivity index (χ1) is 14.9. The predicted octanol–water partition coefficient (Wildman–Crippen LogP) is 5.29. The first-order valence-corrected chi connectivity index (χ1v) is 11.6. The molecule has 1 heterocycles. The molecule has 3 rings (SSSR count). The average Bonchev–Trinajstić information content (AvgIpc) is 2.76. The van der Waals surface area contributed by atoms with Gasteiger partial charge in [-0.05, 0) is 43.9 Å². The van der Waals surface area contributed by atoms with Crippen LogP contribution < -0.4 is 11.2 Å². The number of nitrogens with one attached hydrogen (secondary N) is 1. The van der Waals surface area contributed by atoms with Crippen molar-refractivity contribution in [1.29, 1.82) is 0 Å². The maximum Gasteiger partial charge on any atom is 0.281 e. The normalized spacial score (nSPS) is 21.2. The van der Waals surface area contributed by atoms with Gasteiger partial charge in [-0.2, -0.15) is 0 Å². The molecule has 1 aliphatic heterocycles. The topological polar surface area (TPSA) is 70.7 Å². The molecule has 0 aromatic heterocycles. The second kappa shape index (κ2) is 11.2. The van der Waals surface area contributed by atoms with Crippen molar-refractivity contribution in [3.8, 4) is 0 Å². The number of aliphatic imine (C=N–C) groups is 1. The zero-order chi connectivity index (χ0) is 22.4. The quantitative estimate of drug-likeness (QED) is 0.428. The second-order valence-corrected chi connectivity index (χ2v) is 8.90. The number of piperidine rings is 1. The van der Waals surface area contributed by atoms with Gasteiger partial charge in [-0.25, -0.2) is 5.01 Å². The fourth-order valence-corrected chi connectivity index (χ4v) is 4.30. The highest BCUT2D eigenvalue weighted by Crippen LogP contribution is 2.28. The summed E-state index contributed by atoms with van der Waals surface area (Å²) in [7, 11) is 0. The van der Waals surface area contributed by atoms with Crippen LogP contribution in [0.2, 0.25) is 5.02 Å². The van der Waals surface area contributed by atoms with Crippen LogP contribution in [-0.4, -0.2) is 35.8 Å². The molecule has 0 bridgehead atoms. The van der Waals surface area contributed by atoms with E-state index in [1.807, 2.05) is 30.1 Å². The molecule has 1 aliphatic carbocycles. The van der Waals surface area contributed by atoms with Crippen LogP contribution in [0.15, 0.2) is 62.7 Å². The number of carbonyl (C=O) groups is 1. The lowest BCUT2D eigenvalue weighted by atomic mass is 9.97. The number of nitrogens with zero attached hydrogens (tertiary/aromatic N) is 2. The van der Waals surface area contributed by atoms with Crippen LogP contribution in [0.1, 0.15) is 44.6 Å². The molecule has 0 spiro atoms. The van der Waals surface area contributed by atoms with E-state index in [1.165, 1.54) is 6.42 Å². The van der Waals surface area contributed by atoms with Crippen LogP contribution in [0.3, 0.4) is 0 Å².